The van der Waals surface area contributed by atoms with E-state index in [2.05, 4.69) is 10.0 Å². The van der Waals surface area contributed by atoms with Crippen molar-refractivity contribution in [1.29, 1.82) is 0 Å². The molecule has 1 heterocycles. The summed E-state index contributed by atoms with van der Waals surface area (Å²) in [6, 6.07) is 15.7. The Morgan fingerprint density at radius 1 is 1.03 bits per heavy atom. The first-order valence-corrected chi connectivity index (χ1v) is 11.5. The van der Waals surface area contributed by atoms with Crippen molar-refractivity contribution in [2.24, 2.45) is 0 Å². The highest BCUT2D eigenvalue weighted by atomic mass is 32.2. The largest absolute Gasteiger partial charge is 0.322 e. The van der Waals surface area contributed by atoms with Gasteiger partial charge in [-0.05, 0) is 63.9 Å². The summed E-state index contributed by atoms with van der Waals surface area (Å²) in [6.07, 6.45) is 2.18. The third-order valence-corrected chi connectivity index (χ3v) is 6.57. The van der Waals surface area contributed by atoms with Crippen LogP contribution >= 0.6 is 0 Å². The lowest BCUT2D eigenvalue weighted by Gasteiger charge is -2.20. The van der Waals surface area contributed by atoms with Gasteiger partial charge in [-0.25, -0.2) is 13.1 Å². The molecule has 6 nitrogen and oxygen atoms in total. The molecule has 1 aromatic heterocycles. The van der Waals surface area contributed by atoms with E-state index in [0.29, 0.717) is 17.2 Å². The number of hydrogen-bond donors (Lipinski definition) is 2. The third kappa shape index (κ3) is 4.52. The molecule has 0 spiro atoms. The van der Waals surface area contributed by atoms with Crippen molar-refractivity contribution >= 4 is 32.5 Å². The summed E-state index contributed by atoms with van der Waals surface area (Å²) in [5.74, 6) is 0.131. The van der Waals surface area contributed by atoms with Crippen LogP contribution in [0.2, 0.25) is 0 Å². The van der Waals surface area contributed by atoms with Crippen LogP contribution in [0.1, 0.15) is 55.6 Å². The Hall–Kier alpha value is -2.77. The number of sulfonamides is 1. The molecule has 0 aliphatic heterocycles. The lowest BCUT2D eigenvalue weighted by molar-refractivity contribution is 0.102. The third-order valence-electron chi connectivity index (χ3n) is 4.82. The number of pyridine rings is 1. The molecule has 0 atom stereocenters. The molecule has 1 aliphatic rings. The van der Waals surface area contributed by atoms with E-state index in [-0.39, 0.29) is 10.8 Å². The van der Waals surface area contributed by atoms with Gasteiger partial charge in [0, 0.05) is 28.2 Å². The zero-order valence-corrected chi connectivity index (χ0v) is 18.1. The molecule has 7 heteroatoms. The minimum Gasteiger partial charge on any atom is -0.322 e. The van der Waals surface area contributed by atoms with Crippen molar-refractivity contribution < 1.29 is 13.2 Å². The predicted molar refractivity (Wildman–Crippen MR) is 118 cm³/mol. The van der Waals surface area contributed by atoms with Crippen LogP contribution < -0.4 is 10.0 Å². The Bertz CT molecular complexity index is 1230. The van der Waals surface area contributed by atoms with Crippen molar-refractivity contribution in [3.8, 4) is 0 Å². The number of benzene rings is 2. The minimum atomic E-state index is -3.70. The van der Waals surface area contributed by atoms with Gasteiger partial charge in [0.1, 0.15) is 0 Å². The Balaban J connectivity index is 1.65. The molecule has 0 unspecified atom stereocenters. The summed E-state index contributed by atoms with van der Waals surface area (Å²) in [4.78, 5) is 17.9. The van der Waals surface area contributed by atoms with E-state index in [1.165, 1.54) is 12.1 Å². The van der Waals surface area contributed by atoms with Crippen molar-refractivity contribution in [2.75, 3.05) is 5.32 Å². The van der Waals surface area contributed by atoms with Crippen molar-refractivity contribution in [3.63, 3.8) is 0 Å². The topological polar surface area (TPSA) is 88.2 Å². The number of nitrogens with zero attached hydrogens (tertiary/aromatic N) is 1. The summed E-state index contributed by atoms with van der Waals surface area (Å²) >= 11 is 0. The maximum absolute atomic E-state index is 13.1. The molecule has 1 amide bonds. The number of amides is 1. The summed E-state index contributed by atoms with van der Waals surface area (Å²) in [7, 11) is -3.70. The monoisotopic (exact) mass is 423 g/mol. The number of carbonyl (C=O) groups excluding carboxylic acids is 1. The zero-order chi connectivity index (χ0) is 21.5. The van der Waals surface area contributed by atoms with Crippen LogP contribution in [-0.4, -0.2) is 24.8 Å². The normalized spacial score (nSPS) is 14.6. The van der Waals surface area contributed by atoms with Crippen LogP contribution in [0.5, 0.6) is 0 Å². The highest BCUT2D eigenvalue weighted by molar-refractivity contribution is 7.89. The van der Waals surface area contributed by atoms with E-state index in [0.717, 1.165) is 29.4 Å². The van der Waals surface area contributed by atoms with E-state index >= 15 is 0 Å². The molecule has 2 aromatic carbocycles. The average Bonchev–Trinajstić information content (AvgIpc) is 3.51. The van der Waals surface area contributed by atoms with Gasteiger partial charge in [-0.15, -0.1) is 0 Å². The second-order valence-corrected chi connectivity index (χ2v) is 10.4. The summed E-state index contributed by atoms with van der Waals surface area (Å²) in [6.45, 7) is 5.34. The molecule has 1 aliphatic carbocycles. The SMILES string of the molecule is CC(C)(C)NS(=O)(=O)c1cccc(NC(=O)c2cc(C3CC3)nc3ccccc23)c1. The van der Waals surface area contributed by atoms with Gasteiger partial charge in [0.15, 0.2) is 0 Å². The second-order valence-electron chi connectivity index (χ2n) is 8.72. The van der Waals surface area contributed by atoms with Crippen LogP contribution in [0.15, 0.2) is 59.5 Å². The average molecular weight is 424 g/mol. The molecule has 30 heavy (non-hydrogen) atoms. The summed E-state index contributed by atoms with van der Waals surface area (Å²) in [5.41, 5.74) is 2.09. The van der Waals surface area contributed by atoms with Gasteiger partial charge in [0.25, 0.3) is 5.91 Å². The first-order chi connectivity index (χ1) is 14.1. The first kappa shape index (κ1) is 20.5. The van der Waals surface area contributed by atoms with Gasteiger partial charge in [-0.3, -0.25) is 9.78 Å². The zero-order valence-electron chi connectivity index (χ0n) is 17.3. The summed E-state index contributed by atoms with van der Waals surface area (Å²) in [5, 5.41) is 3.63. The molecule has 156 valence electrons. The number of anilines is 1. The van der Waals surface area contributed by atoms with Crippen LogP contribution in [0, 0.1) is 0 Å². The fraction of sp³-hybridized carbons (Fsp3) is 0.304. The van der Waals surface area contributed by atoms with Crippen LogP contribution in [0.4, 0.5) is 5.69 Å². The molecule has 2 N–H and O–H groups in total. The quantitative estimate of drug-likeness (QED) is 0.635. The number of rotatable bonds is 5. The number of nitrogens with one attached hydrogen (secondary N) is 2. The van der Waals surface area contributed by atoms with Gasteiger partial charge >= 0.3 is 0 Å². The molecule has 4 rings (SSSR count). The maximum Gasteiger partial charge on any atom is 0.256 e. The Labute approximate surface area is 176 Å². The fourth-order valence-corrected chi connectivity index (χ4v) is 4.84. The standard InChI is InChI=1S/C23H25N3O3S/c1-23(2,3)26-30(28,29)17-8-6-7-16(13-17)24-22(27)19-14-21(15-11-12-15)25-20-10-5-4-9-18(19)20/h4-10,13-15,26H,11-12H2,1-3H3,(H,24,27). The Kier molecular flexibility index (Phi) is 5.11. The predicted octanol–water partition coefficient (Wildman–Crippen LogP) is 4.44. The molecule has 0 bridgehead atoms. The van der Waals surface area contributed by atoms with Gasteiger partial charge in [-0.1, -0.05) is 24.3 Å². The first-order valence-electron chi connectivity index (χ1n) is 9.97. The van der Waals surface area contributed by atoms with Gasteiger partial charge < -0.3 is 5.32 Å². The van der Waals surface area contributed by atoms with Crippen LogP contribution in [0.3, 0.4) is 0 Å². The number of hydrogen-bond acceptors (Lipinski definition) is 4. The smallest absolute Gasteiger partial charge is 0.256 e. The lowest BCUT2D eigenvalue weighted by Crippen LogP contribution is -2.40. The second kappa shape index (κ2) is 7.49. The number of fused-ring (bicyclic) bond motifs is 1. The van der Waals surface area contributed by atoms with Gasteiger partial charge in [0.05, 0.1) is 16.0 Å². The van der Waals surface area contributed by atoms with Crippen LogP contribution in [-0.2, 0) is 10.0 Å². The Morgan fingerprint density at radius 2 is 1.77 bits per heavy atom. The molecular formula is C23H25N3O3S. The molecule has 1 fully saturated rings. The number of carbonyl (C=O) groups is 1. The van der Waals surface area contributed by atoms with E-state index in [1.807, 2.05) is 30.3 Å². The maximum atomic E-state index is 13.1. The van der Waals surface area contributed by atoms with Crippen molar-refractivity contribution in [1.82, 2.24) is 9.71 Å². The highest BCUT2D eigenvalue weighted by Gasteiger charge is 2.27. The molecule has 3 aromatic rings. The number of aromatic nitrogens is 1. The Morgan fingerprint density at radius 3 is 2.47 bits per heavy atom. The summed E-state index contributed by atoms with van der Waals surface area (Å²) < 4.78 is 27.9. The number of para-hydroxylation sites is 1. The van der Waals surface area contributed by atoms with E-state index < -0.39 is 15.6 Å². The lowest BCUT2D eigenvalue weighted by atomic mass is 10.1. The van der Waals surface area contributed by atoms with Crippen LogP contribution in [0.25, 0.3) is 10.9 Å². The van der Waals surface area contributed by atoms with Crippen molar-refractivity contribution in [3.05, 3.63) is 65.9 Å². The van der Waals surface area contributed by atoms with E-state index in [1.54, 1.807) is 32.9 Å². The van der Waals surface area contributed by atoms with E-state index in [4.69, 9.17) is 4.98 Å². The fourth-order valence-electron chi connectivity index (χ4n) is 3.37. The van der Waals surface area contributed by atoms with Crippen molar-refractivity contribution in [2.45, 2.75) is 50.0 Å². The molecule has 0 saturated heterocycles. The molecular weight excluding hydrogens is 398 g/mol. The van der Waals surface area contributed by atoms with E-state index in [9.17, 15) is 13.2 Å². The minimum absolute atomic E-state index is 0.105. The van der Waals surface area contributed by atoms with Gasteiger partial charge in [0.2, 0.25) is 10.0 Å². The van der Waals surface area contributed by atoms with Gasteiger partial charge in [-0.2, -0.15) is 0 Å². The highest BCUT2D eigenvalue weighted by Crippen LogP contribution is 2.40. The molecule has 1 saturated carbocycles. The molecule has 0 radical (unpaired) electrons.